The summed E-state index contributed by atoms with van der Waals surface area (Å²) in [6.07, 6.45) is 1.44. The number of aromatic nitrogens is 1. The van der Waals surface area contributed by atoms with Gasteiger partial charge in [-0.2, -0.15) is 0 Å². The van der Waals surface area contributed by atoms with Crippen LogP contribution in [0.2, 0.25) is 0 Å². The lowest BCUT2D eigenvalue weighted by Crippen LogP contribution is -2.29. The first-order valence-electron chi connectivity index (χ1n) is 8.69. The van der Waals surface area contributed by atoms with E-state index in [-0.39, 0.29) is 18.2 Å². The van der Waals surface area contributed by atoms with Gasteiger partial charge in [0, 0.05) is 27.3 Å². The molecule has 2 aromatic carbocycles. The highest BCUT2D eigenvalue weighted by molar-refractivity contribution is 5.97. The Morgan fingerprint density at radius 3 is 2.50 bits per heavy atom. The predicted octanol–water partition coefficient (Wildman–Crippen LogP) is 2.26. The molecule has 0 saturated heterocycles. The topological polar surface area (TPSA) is 80.6 Å². The zero-order valence-electron chi connectivity index (χ0n) is 15.9. The monoisotopic (exact) mass is 379 g/mol. The van der Waals surface area contributed by atoms with Crippen LogP contribution >= 0.6 is 0 Å². The quantitative estimate of drug-likeness (QED) is 0.737. The van der Waals surface area contributed by atoms with E-state index < -0.39 is 11.5 Å². The van der Waals surface area contributed by atoms with Crippen LogP contribution < -0.4 is 15.6 Å². The number of rotatable bonds is 5. The van der Waals surface area contributed by atoms with Crippen LogP contribution in [-0.2, 0) is 11.8 Å². The third-order valence-corrected chi connectivity index (χ3v) is 4.20. The number of pyridine rings is 1. The first-order valence-corrected chi connectivity index (χ1v) is 8.69. The Balaban J connectivity index is 1.71. The number of amides is 2. The van der Waals surface area contributed by atoms with Crippen molar-refractivity contribution in [1.82, 2.24) is 9.47 Å². The number of fused-ring (bicyclic) bond motifs is 1. The zero-order chi connectivity index (χ0) is 20.3. The number of nitrogens with zero attached hydrogens (tertiary/aromatic N) is 2. The van der Waals surface area contributed by atoms with Crippen LogP contribution in [-0.4, -0.2) is 42.0 Å². The van der Waals surface area contributed by atoms with E-state index in [2.05, 4.69) is 5.32 Å². The maximum absolute atomic E-state index is 12.3. The molecule has 7 heteroatoms. The van der Waals surface area contributed by atoms with Crippen LogP contribution in [0, 0.1) is 0 Å². The Hall–Kier alpha value is -3.61. The summed E-state index contributed by atoms with van der Waals surface area (Å²) in [5.41, 5.74) is -0.0745. The van der Waals surface area contributed by atoms with Gasteiger partial charge in [-0.25, -0.2) is 0 Å². The molecular weight excluding hydrogens is 358 g/mol. The molecule has 144 valence electrons. The normalized spacial score (nSPS) is 10.5. The first kappa shape index (κ1) is 19.2. The number of aryl methyl sites for hydroxylation is 1. The number of hydrogen-bond acceptors (Lipinski definition) is 4. The molecular formula is C21H21N3O4. The second kappa shape index (κ2) is 7.96. The van der Waals surface area contributed by atoms with Gasteiger partial charge in [-0.3, -0.25) is 14.4 Å². The van der Waals surface area contributed by atoms with Crippen molar-refractivity contribution in [3.63, 3.8) is 0 Å². The number of ether oxygens (including phenoxy) is 1. The molecule has 0 aliphatic rings. The maximum atomic E-state index is 12.3. The van der Waals surface area contributed by atoms with E-state index >= 15 is 0 Å². The lowest BCUT2D eigenvalue weighted by molar-refractivity contribution is -0.118. The van der Waals surface area contributed by atoms with E-state index in [4.69, 9.17) is 4.74 Å². The Morgan fingerprint density at radius 2 is 1.79 bits per heavy atom. The third-order valence-electron chi connectivity index (χ3n) is 4.20. The van der Waals surface area contributed by atoms with Crippen LogP contribution in [0.5, 0.6) is 5.75 Å². The van der Waals surface area contributed by atoms with E-state index in [0.717, 1.165) is 10.8 Å². The summed E-state index contributed by atoms with van der Waals surface area (Å²) in [4.78, 5) is 38.0. The van der Waals surface area contributed by atoms with Gasteiger partial charge in [0.2, 0.25) is 0 Å². The van der Waals surface area contributed by atoms with E-state index in [1.165, 1.54) is 28.8 Å². The lowest BCUT2D eigenvalue weighted by atomic mass is 10.1. The number of carbonyl (C=O) groups is 2. The summed E-state index contributed by atoms with van der Waals surface area (Å²) in [6, 6.07) is 14.7. The molecule has 0 fully saturated rings. The molecule has 0 spiro atoms. The highest BCUT2D eigenvalue weighted by Gasteiger charge is 2.14. The fraction of sp³-hybridized carbons (Fsp3) is 0.190. The van der Waals surface area contributed by atoms with Crippen molar-refractivity contribution in [1.29, 1.82) is 0 Å². The number of carbonyl (C=O) groups excluding carboxylic acids is 2. The summed E-state index contributed by atoms with van der Waals surface area (Å²) in [6.45, 7) is -0.257. The van der Waals surface area contributed by atoms with Gasteiger partial charge in [0.15, 0.2) is 6.61 Å². The van der Waals surface area contributed by atoms with Gasteiger partial charge in [0.05, 0.1) is 5.56 Å². The number of benzene rings is 2. The minimum absolute atomic E-state index is 0.0299. The summed E-state index contributed by atoms with van der Waals surface area (Å²) in [5, 5.41) is 4.60. The van der Waals surface area contributed by atoms with Crippen molar-refractivity contribution < 1.29 is 14.3 Å². The minimum Gasteiger partial charge on any atom is -0.484 e. The molecule has 0 saturated carbocycles. The fourth-order valence-electron chi connectivity index (χ4n) is 2.77. The molecule has 0 radical (unpaired) electrons. The molecule has 3 rings (SSSR count). The van der Waals surface area contributed by atoms with Gasteiger partial charge in [-0.05, 0) is 29.0 Å². The van der Waals surface area contributed by atoms with Crippen LogP contribution in [0.15, 0.2) is 59.5 Å². The third kappa shape index (κ3) is 4.20. The second-order valence-corrected chi connectivity index (χ2v) is 6.60. The van der Waals surface area contributed by atoms with Crippen molar-refractivity contribution >= 4 is 28.3 Å². The molecule has 3 aromatic rings. The molecule has 7 nitrogen and oxygen atoms in total. The van der Waals surface area contributed by atoms with Crippen LogP contribution in [0.4, 0.5) is 5.69 Å². The maximum Gasteiger partial charge on any atom is 0.274 e. The second-order valence-electron chi connectivity index (χ2n) is 6.60. The first-order chi connectivity index (χ1) is 13.3. The van der Waals surface area contributed by atoms with Gasteiger partial charge in [-0.1, -0.05) is 30.3 Å². The highest BCUT2D eigenvalue weighted by atomic mass is 16.5. The minimum atomic E-state index is -0.486. The number of nitrogens with one attached hydrogen (secondary N) is 1. The standard InChI is InChI=1S/C21H21N3O4/c1-23(2)20(26)16-11-18(21(27)24(3)12-16)22-19(25)13-28-17-9-8-14-6-4-5-7-15(14)10-17/h4-12H,13H2,1-3H3,(H,22,25). The highest BCUT2D eigenvalue weighted by Crippen LogP contribution is 2.20. The summed E-state index contributed by atoms with van der Waals surface area (Å²) in [7, 11) is 4.75. The number of hydrogen-bond donors (Lipinski definition) is 1. The molecule has 0 aliphatic heterocycles. The average molecular weight is 379 g/mol. The van der Waals surface area contributed by atoms with E-state index in [1.54, 1.807) is 20.2 Å². The van der Waals surface area contributed by atoms with E-state index in [9.17, 15) is 14.4 Å². The van der Waals surface area contributed by atoms with Crippen LogP contribution in [0.1, 0.15) is 10.4 Å². The van der Waals surface area contributed by atoms with Crippen molar-refractivity contribution in [3.05, 3.63) is 70.6 Å². The van der Waals surface area contributed by atoms with E-state index in [1.807, 2.05) is 36.4 Å². The molecule has 0 unspecified atom stereocenters. The lowest BCUT2D eigenvalue weighted by Gasteiger charge is -2.13. The molecule has 0 aliphatic carbocycles. The van der Waals surface area contributed by atoms with Crippen LogP contribution in [0.25, 0.3) is 10.8 Å². The van der Waals surface area contributed by atoms with Gasteiger partial charge in [0.25, 0.3) is 17.4 Å². The van der Waals surface area contributed by atoms with E-state index in [0.29, 0.717) is 11.3 Å². The molecule has 2 amide bonds. The van der Waals surface area contributed by atoms with Crippen molar-refractivity contribution in [2.45, 2.75) is 0 Å². The molecule has 1 N–H and O–H groups in total. The molecule has 28 heavy (non-hydrogen) atoms. The Bertz CT molecular complexity index is 1100. The van der Waals surface area contributed by atoms with Gasteiger partial charge < -0.3 is 19.5 Å². The SMILES string of the molecule is CN(C)C(=O)c1cc(NC(=O)COc2ccc3ccccc3c2)c(=O)n(C)c1. The zero-order valence-corrected chi connectivity index (χ0v) is 15.9. The smallest absolute Gasteiger partial charge is 0.274 e. The van der Waals surface area contributed by atoms with Gasteiger partial charge in [-0.15, -0.1) is 0 Å². The largest absolute Gasteiger partial charge is 0.484 e. The number of anilines is 1. The average Bonchev–Trinajstić information content (AvgIpc) is 2.68. The van der Waals surface area contributed by atoms with Crippen LogP contribution in [0.3, 0.4) is 0 Å². The predicted molar refractivity (Wildman–Crippen MR) is 108 cm³/mol. The molecule has 1 aromatic heterocycles. The summed E-state index contributed by atoms with van der Waals surface area (Å²) >= 11 is 0. The Labute approximate surface area is 162 Å². The van der Waals surface area contributed by atoms with Gasteiger partial charge in [0.1, 0.15) is 11.4 Å². The van der Waals surface area contributed by atoms with Crippen molar-refractivity contribution in [2.24, 2.45) is 7.05 Å². The Kier molecular flexibility index (Phi) is 5.44. The Morgan fingerprint density at radius 1 is 1.07 bits per heavy atom. The summed E-state index contributed by atoms with van der Waals surface area (Å²) in [5.74, 6) is -0.198. The molecule has 1 heterocycles. The molecule has 0 bridgehead atoms. The molecule has 0 atom stereocenters. The fourth-order valence-corrected chi connectivity index (χ4v) is 2.77. The summed E-state index contributed by atoms with van der Waals surface area (Å²) < 4.78 is 6.80. The van der Waals surface area contributed by atoms with Crippen molar-refractivity contribution in [3.8, 4) is 5.75 Å². The van der Waals surface area contributed by atoms with Crippen molar-refractivity contribution in [2.75, 3.05) is 26.0 Å². The van der Waals surface area contributed by atoms with Gasteiger partial charge >= 0.3 is 0 Å².